The van der Waals surface area contributed by atoms with Crippen LogP contribution in [0.1, 0.15) is 31.4 Å². The van der Waals surface area contributed by atoms with Crippen molar-refractivity contribution in [2.24, 2.45) is 4.99 Å². The molecular formula is C19H28N4O3. The molecule has 7 heteroatoms. The number of piperazine rings is 1. The Labute approximate surface area is 154 Å². The van der Waals surface area contributed by atoms with Crippen molar-refractivity contribution < 1.29 is 13.9 Å². The van der Waals surface area contributed by atoms with E-state index in [9.17, 15) is 4.79 Å². The van der Waals surface area contributed by atoms with Crippen molar-refractivity contribution in [3.8, 4) is 0 Å². The van der Waals surface area contributed by atoms with Crippen LogP contribution in [-0.2, 0) is 16.0 Å². The van der Waals surface area contributed by atoms with Crippen LogP contribution in [-0.4, -0.2) is 73.1 Å². The zero-order valence-corrected chi connectivity index (χ0v) is 15.2. The van der Waals surface area contributed by atoms with Gasteiger partial charge in [-0.2, -0.15) is 0 Å². The summed E-state index contributed by atoms with van der Waals surface area (Å²) in [5.41, 5.74) is 0. The second kappa shape index (κ2) is 8.12. The SMILES string of the molecule is O=C1CN(C(=NCCc2ccco2)NC2CCOCC2)CCN1C1CC1. The lowest BCUT2D eigenvalue weighted by atomic mass is 10.1. The first-order chi connectivity index (χ1) is 12.8. The molecule has 142 valence electrons. The Bertz CT molecular complexity index is 621. The number of aliphatic imine (C=N–C) groups is 1. The average Bonchev–Trinajstić information content (AvgIpc) is 3.37. The Kier molecular flexibility index (Phi) is 5.43. The summed E-state index contributed by atoms with van der Waals surface area (Å²) in [4.78, 5) is 21.5. The van der Waals surface area contributed by atoms with E-state index in [4.69, 9.17) is 14.1 Å². The maximum atomic E-state index is 12.5. The van der Waals surface area contributed by atoms with Gasteiger partial charge in [0.2, 0.25) is 5.91 Å². The van der Waals surface area contributed by atoms with Gasteiger partial charge < -0.3 is 24.3 Å². The van der Waals surface area contributed by atoms with Gasteiger partial charge in [-0.05, 0) is 37.8 Å². The van der Waals surface area contributed by atoms with Gasteiger partial charge in [0.1, 0.15) is 5.76 Å². The number of amides is 1. The van der Waals surface area contributed by atoms with E-state index in [1.54, 1.807) is 6.26 Å². The Morgan fingerprint density at radius 2 is 2.08 bits per heavy atom. The molecule has 0 aromatic carbocycles. The molecule has 4 rings (SSSR count). The summed E-state index contributed by atoms with van der Waals surface area (Å²) in [6.07, 6.45) is 6.74. The molecule has 0 unspecified atom stereocenters. The fourth-order valence-corrected chi connectivity index (χ4v) is 3.63. The van der Waals surface area contributed by atoms with E-state index in [1.807, 2.05) is 17.0 Å². The van der Waals surface area contributed by atoms with Crippen LogP contribution in [0.3, 0.4) is 0 Å². The maximum absolute atomic E-state index is 12.5. The fourth-order valence-electron chi connectivity index (χ4n) is 3.63. The second-order valence-corrected chi connectivity index (χ2v) is 7.31. The van der Waals surface area contributed by atoms with Gasteiger partial charge in [0.15, 0.2) is 5.96 Å². The lowest BCUT2D eigenvalue weighted by Crippen LogP contribution is -2.57. The minimum absolute atomic E-state index is 0.228. The average molecular weight is 360 g/mol. The summed E-state index contributed by atoms with van der Waals surface area (Å²) in [6, 6.07) is 4.73. The molecule has 1 saturated carbocycles. The van der Waals surface area contributed by atoms with E-state index in [0.717, 1.165) is 70.1 Å². The summed E-state index contributed by atoms with van der Waals surface area (Å²) in [7, 11) is 0. The van der Waals surface area contributed by atoms with Gasteiger partial charge in [0.25, 0.3) is 0 Å². The molecule has 0 radical (unpaired) electrons. The van der Waals surface area contributed by atoms with Gasteiger partial charge in [-0.1, -0.05) is 0 Å². The normalized spacial score (nSPS) is 22.8. The first-order valence-corrected chi connectivity index (χ1v) is 9.75. The molecule has 1 aromatic heterocycles. The molecule has 1 aliphatic carbocycles. The number of carbonyl (C=O) groups is 1. The van der Waals surface area contributed by atoms with Crippen LogP contribution in [0.15, 0.2) is 27.8 Å². The molecular weight excluding hydrogens is 332 g/mol. The van der Waals surface area contributed by atoms with Crippen LogP contribution in [0.4, 0.5) is 0 Å². The Morgan fingerprint density at radius 3 is 2.77 bits per heavy atom. The largest absolute Gasteiger partial charge is 0.469 e. The van der Waals surface area contributed by atoms with Crippen molar-refractivity contribution >= 4 is 11.9 Å². The minimum Gasteiger partial charge on any atom is -0.469 e. The molecule has 2 saturated heterocycles. The van der Waals surface area contributed by atoms with Crippen LogP contribution in [0.5, 0.6) is 0 Å². The molecule has 1 N–H and O–H groups in total. The van der Waals surface area contributed by atoms with Crippen LogP contribution in [0.2, 0.25) is 0 Å². The van der Waals surface area contributed by atoms with Crippen LogP contribution < -0.4 is 5.32 Å². The van der Waals surface area contributed by atoms with Crippen molar-refractivity contribution in [1.29, 1.82) is 0 Å². The third kappa shape index (κ3) is 4.38. The van der Waals surface area contributed by atoms with E-state index in [1.165, 1.54) is 0 Å². The number of hydrogen-bond acceptors (Lipinski definition) is 4. The predicted octanol–water partition coefficient (Wildman–Crippen LogP) is 1.25. The molecule has 7 nitrogen and oxygen atoms in total. The molecule has 1 amide bonds. The number of nitrogens with zero attached hydrogens (tertiary/aromatic N) is 3. The highest BCUT2D eigenvalue weighted by Gasteiger charge is 2.36. The van der Waals surface area contributed by atoms with Gasteiger partial charge in [0, 0.05) is 51.4 Å². The van der Waals surface area contributed by atoms with Gasteiger partial charge in [-0.3, -0.25) is 9.79 Å². The minimum atomic E-state index is 0.228. The van der Waals surface area contributed by atoms with Crippen molar-refractivity contribution in [2.45, 2.75) is 44.2 Å². The smallest absolute Gasteiger partial charge is 0.242 e. The Hall–Kier alpha value is -2.02. The second-order valence-electron chi connectivity index (χ2n) is 7.31. The molecule has 3 heterocycles. The highest BCUT2D eigenvalue weighted by molar-refractivity contribution is 5.88. The number of guanidine groups is 1. The third-order valence-corrected chi connectivity index (χ3v) is 5.30. The van der Waals surface area contributed by atoms with E-state index in [-0.39, 0.29) is 5.91 Å². The number of rotatable bonds is 5. The quantitative estimate of drug-likeness (QED) is 0.632. The standard InChI is InChI=1S/C19H28N4O3/c24-18-14-22(9-10-23(18)16-3-4-16)19(21-15-6-12-25-13-7-15)20-8-5-17-2-1-11-26-17/h1-2,11,15-16H,3-10,12-14H2,(H,20,21). The van der Waals surface area contributed by atoms with Crippen molar-refractivity contribution in [3.05, 3.63) is 24.2 Å². The van der Waals surface area contributed by atoms with E-state index < -0.39 is 0 Å². The zero-order valence-electron chi connectivity index (χ0n) is 15.2. The monoisotopic (exact) mass is 360 g/mol. The van der Waals surface area contributed by atoms with Crippen LogP contribution >= 0.6 is 0 Å². The summed E-state index contributed by atoms with van der Waals surface area (Å²) < 4.78 is 10.8. The van der Waals surface area contributed by atoms with Crippen molar-refractivity contribution in [3.63, 3.8) is 0 Å². The first-order valence-electron chi connectivity index (χ1n) is 9.75. The summed E-state index contributed by atoms with van der Waals surface area (Å²) >= 11 is 0. The number of nitrogens with one attached hydrogen (secondary N) is 1. The van der Waals surface area contributed by atoms with Gasteiger partial charge in [-0.15, -0.1) is 0 Å². The number of carbonyl (C=O) groups excluding carboxylic acids is 1. The maximum Gasteiger partial charge on any atom is 0.242 e. The molecule has 0 bridgehead atoms. The highest BCUT2D eigenvalue weighted by atomic mass is 16.5. The molecule has 2 aliphatic heterocycles. The van der Waals surface area contributed by atoms with Crippen molar-refractivity contribution in [2.75, 3.05) is 39.4 Å². The lowest BCUT2D eigenvalue weighted by Gasteiger charge is -2.37. The van der Waals surface area contributed by atoms with E-state index in [0.29, 0.717) is 25.2 Å². The van der Waals surface area contributed by atoms with Gasteiger partial charge in [-0.25, -0.2) is 0 Å². The number of furan rings is 1. The molecule has 1 aromatic rings. The summed E-state index contributed by atoms with van der Waals surface area (Å²) in [5.74, 6) is 2.02. The van der Waals surface area contributed by atoms with E-state index in [2.05, 4.69) is 10.2 Å². The molecule has 0 atom stereocenters. The Morgan fingerprint density at radius 1 is 1.23 bits per heavy atom. The summed E-state index contributed by atoms with van der Waals surface area (Å²) in [6.45, 7) is 4.29. The number of ether oxygens (including phenoxy) is 1. The van der Waals surface area contributed by atoms with Crippen molar-refractivity contribution in [1.82, 2.24) is 15.1 Å². The van der Waals surface area contributed by atoms with Gasteiger partial charge in [0.05, 0.1) is 12.8 Å². The molecule has 3 aliphatic rings. The molecule has 26 heavy (non-hydrogen) atoms. The molecule has 3 fully saturated rings. The topological polar surface area (TPSA) is 70.3 Å². The van der Waals surface area contributed by atoms with Crippen LogP contribution in [0, 0.1) is 0 Å². The third-order valence-electron chi connectivity index (χ3n) is 5.30. The first kappa shape index (κ1) is 17.4. The fraction of sp³-hybridized carbons (Fsp3) is 0.684. The van der Waals surface area contributed by atoms with Crippen LogP contribution in [0.25, 0.3) is 0 Å². The zero-order chi connectivity index (χ0) is 17.8. The van der Waals surface area contributed by atoms with E-state index >= 15 is 0 Å². The lowest BCUT2D eigenvalue weighted by molar-refractivity contribution is -0.135. The highest BCUT2D eigenvalue weighted by Crippen LogP contribution is 2.28. The van der Waals surface area contributed by atoms with Gasteiger partial charge >= 0.3 is 0 Å². The Balaban J connectivity index is 1.39. The predicted molar refractivity (Wildman–Crippen MR) is 98.0 cm³/mol. The summed E-state index contributed by atoms with van der Waals surface area (Å²) in [5, 5.41) is 3.58. The molecule has 0 spiro atoms. The number of hydrogen-bond donors (Lipinski definition) is 1.